The summed E-state index contributed by atoms with van der Waals surface area (Å²) in [6.45, 7) is 9.96. The van der Waals surface area contributed by atoms with Gasteiger partial charge in [-0.05, 0) is 20.3 Å². The molecule has 0 saturated heterocycles. The molecule has 0 radical (unpaired) electrons. The molecule has 0 aliphatic heterocycles. The molecule has 2 nitrogen and oxygen atoms in total. The number of rotatable bonds is 9. The van der Waals surface area contributed by atoms with Crippen molar-refractivity contribution in [3.63, 3.8) is 0 Å². The minimum Gasteiger partial charge on any atom is -0.353 e. The quantitative estimate of drug-likeness (QED) is 0.420. The predicted octanol–water partition coefficient (Wildman–Crippen LogP) is 3.60. The highest BCUT2D eigenvalue weighted by molar-refractivity contribution is 4.58. The summed E-state index contributed by atoms with van der Waals surface area (Å²) in [7, 11) is 0. The van der Waals surface area contributed by atoms with Gasteiger partial charge in [-0.2, -0.15) is 0 Å². The lowest BCUT2D eigenvalue weighted by Crippen LogP contribution is -2.25. The maximum atomic E-state index is 5.55. The fourth-order valence-electron chi connectivity index (χ4n) is 1.56. The van der Waals surface area contributed by atoms with Crippen molar-refractivity contribution < 1.29 is 9.47 Å². The standard InChI is InChI=1S/C12H26O2/c1-5-8-9-10-11(4)12(13-6-2)14-7-3/h11-12H,5-10H2,1-4H3. The summed E-state index contributed by atoms with van der Waals surface area (Å²) in [5, 5.41) is 0. The lowest BCUT2D eigenvalue weighted by Gasteiger charge is -2.23. The monoisotopic (exact) mass is 202 g/mol. The molecule has 1 atom stereocenters. The molecule has 0 aromatic heterocycles. The molecule has 2 heteroatoms. The average molecular weight is 202 g/mol. The zero-order chi connectivity index (χ0) is 10.8. The van der Waals surface area contributed by atoms with Crippen molar-refractivity contribution in [2.75, 3.05) is 13.2 Å². The van der Waals surface area contributed by atoms with Crippen LogP contribution in [0.15, 0.2) is 0 Å². The highest BCUT2D eigenvalue weighted by Gasteiger charge is 2.16. The Balaban J connectivity index is 3.69. The summed E-state index contributed by atoms with van der Waals surface area (Å²) in [5.41, 5.74) is 0. The smallest absolute Gasteiger partial charge is 0.160 e. The molecule has 0 bridgehead atoms. The van der Waals surface area contributed by atoms with Gasteiger partial charge >= 0.3 is 0 Å². The van der Waals surface area contributed by atoms with E-state index in [9.17, 15) is 0 Å². The maximum absolute atomic E-state index is 5.55. The first-order valence-electron chi connectivity index (χ1n) is 5.99. The van der Waals surface area contributed by atoms with Crippen LogP contribution in [0.5, 0.6) is 0 Å². The Morgan fingerprint density at radius 1 is 0.929 bits per heavy atom. The predicted molar refractivity (Wildman–Crippen MR) is 60.3 cm³/mol. The van der Waals surface area contributed by atoms with Gasteiger partial charge in [-0.1, -0.05) is 33.1 Å². The van der Waals surface area contributed by atoms with Gasteiger partial charge in [0.2, 0.25) is 0 Å². The van der Waals surface area contributed by atoms with E-state index in [-0.39, 0.29) is 6.29 Å². The summed E-state index contributed by atoms with van der Waals surface area (Å²) in [6, 6.07) is 0. The molecule has 14 heavy (non-hydrogen) atoms. The maximum Gasteiger partial charge on any atom is 0.160 e. The zero-order valence-corrected chi connectivity index (χ0v) is 10.2. The molecule has 0 spiro atoms. The van der Waals surface area contributed by atoms with E-state index in [4.69, 9.17) is 9.47 Å². The van der Waals surface area contributed by atoms with Crippen LogP contribution in [0.1, 0.15) is 53.4 Å². The van der Waals surface area contributed by atoms with Crippen LogP contribution < -0.4 is 0 Å². The molecular formula is C12H26O2. The molecule has 0 fully saturated rings. The first-order chi connectivity index (χ1) is 6.76. The Labute approximate surface area is 89.0 Å². The van der Waals surface area contributed by atoms with E-state index in [1.54, 1.807) is 0 Å². The third-order valence-electron chi connectivity index (χ3n) is 2.39. The summed E-state index contributed by atoms with van der Waals surface area (Å²) in [5.74, 6) is 0.515. The Bertz CT molecular complexity index is 109. The van der Waals surface area contributed by atoms with Crippen molar-refractivity contribution in [1.82, 2.24) is 0 Å². The molecule has 0 N–H and O–H groups in total. The van der Waals surface area contributed by atoms with Crippen LogP contribution in [-0.2, 0) is 9.47 Å². The summed E-state index contributed by atoms with van der Waals surface area (Å²) in [6.07, 6.45) is 5.09. The van der Waals surface area contributed by atoms with Crippen LogP contribution in [0.4, 0.5) is 0 Å². The van der Waals surface area contributed by atoms with Crippen LogP contribution in [0, 0.1) is 5.92 Å². The molecule has 0 aliphatic carbocycles. The Morgan fingerprint density at radius 3 is 1.93 bits per heavy atom. The van der Waals surface area contributed by atoms with E-state index in [1.807, 2.05) is 13.8 Å². The lowest BCUT2D eigenvalue weighted by atomic mass is 10.0. The topological polar surface area (TPSA) is 18.5 Å². The minimum atomic E-state index is 0.00172. The van der Waals surface area contributed by atoms with Crippen molar-refractivity contribution in [3.8, 4) is 0 Å². The van der Waals surface area contributed by atoms with Crippen molar-refractivity contribution in [2.45, 2.75) is 59.7 Å². The van der Waals surface area contributed by atoms with E-state index >= 15 is 0 Å². The first kappa shape index (κ1) is 13.9. The molecule has 0 amide bonds. The van der Waals surface area contributed by atoms with Gasteiger partial charge in [0.1, 0.15) is 0 Å². The van der Waals surface area contributed by atoms with Gasteiger partial charge in [0.05, 0.1) is 0 Å². The van der Waals surface area contributed by atoms with Crippen molar-refractivity contribution in [1.29, 1.82) is 0 Å². The van der Waals surface area contributed by atoms with Gasteiger partial charge < -0.3 is 9.47 Å². The highest BCUT2D eigenvalue weighted by Crippen LogP contribution is 2.17. The number of hydrogen-bond donors (Lipinski definition) is 0. The van der Waals surface area contributed by atoms with Crippen LogP contribution in [-0.4, -0.2) is 19.5 Å². The van der Waals surface area contributed by atoms with Crippen molar-refractivity contribution in [3.05, 3.63) is 0 Å². The molecule has 0 aromatic carbocycles. The van der Waals surface area contributed by atoms with Gasteiger partial charge in [0.15, 0.2) is 6.29 Å². The van der Waals surface area contributed by atoms with Gasteiger partial charge in [-0.25, -0.2) is 0 Å². The van der Waals surface area contributed by atoms with Crippen LogP contribution in [0.3, 0.4) is 0 Å². The molecule has 0 aliphatic rings. The minimum absolute atomic E-state index is 0.00172. The second-order valence-electron chi connectivity index (χ2n) is 3.75. The Kier molecular flexibility index (Phi) is 9.42. The van der Waals surface area contributed by atoms with E-state index < -0.39 is 0 Å². The molecular weight excluding hydrogens is 176 g/mol. The van der Waals surface area contributed by atoms with Crippen LogP contribution in [0.2, 0.25) is 0 Å². The second kappa shape index (κ2) is 9.47. The number of hydrogen-bond acceptors (Lipinski definition) is 2. The molecule has 0 aromatic rings. The molecule has 0 saturated carbocycles. The average Bonchev–Trinajstić information content (AvgIpc) is 2.18. The zero-order valence-electron chi connectivity index (χ0n) is 10.2. The SMILES string of the molecule is CCCCCC(C)C(OCC)OCC. The summed E-state index contributed by atoms with van der Waals surface area (Å²) < 4.78 is 11.1. The number of ether oxygens (including phenoxy) is 2. The van der Waals surface area contributed by atoms with Crippen LogP contribution in [0.25, 0.3) is 0 Å². The van der Waals surface area contributed by atoms with Gasteiger partial charge in [-0.3, -0.25) is 0 Å². The van der Waals surface area contributed by atoms with Gasteiger partial charge in [0, 0.05) is 19.1 Å². The van der Waals surface area contributed by atoms with E-state index in [2.05, 4.69) is 13.8 Å². The van der Waals surface area contributed by atoms with Crippen molar-refractivity contribution in [2.24, 2.45) is 5.92 Å². The summed E-state index contributed by atoms with van der Waals surface area (Å²) in [4.78, 5) is 0. The fourth-order valence-corrected chi connectivity index (χ4v) is 1.56. The summed E-state index contributed by atoms with van der Waals surface area (Å²) >= 11 is 0. The first-order valence-corrected chi connectivity index (χ1v) is 5.99. The van der Waals surface area contributed by atoms with Gasteiger partial charge in [-0.15, -0.1) is 0 Å². The van der Waals surface area contributed by atoms with Crippen molar-refractivity contribution >= 4 is 0 Å². The molecule has 1 unspecified atom stereocenters. The lowest BCUT2D eigenvalue weighted by molar-refractivity contribution is -0.164. The molecule has 86 valence electrons. The van der Waals surface area contributed by atoms with E-state index in [0.29, 0.717) is 5.92 Å². The second-order valence-corrected chi connectivity index (χ2v) is 3.75. The normalized spacial score (nSPS) is 13.5. The van der Waals surface area contributed by atoms with Crippen LogP contribution >= 0.6 is 0 Å². The Morgan fingerprint density at radius 2 is 1.50 bits per heavy atom. The number of unbranched alkanes of at least 4 members (excludes halogenated alkanes) is 2. The largest absolute Gasteiger partial charge is 0.353 e. The van der Waals surface area contributed by atoms with E-state index in [0.717, 1.165) is 13.2 Å². The highest BCUT2D eigenvalue weighted by atomic mass is 16.7. The van der Waals surface area contributed by atoms with Gasteiger partial charge in [0.25, 0.3) is 0 Å². The third kappa shape index (κ3) is 6.39. The molecule has 0 heterocycles. The molecule has 0 rings (SSSR count). The van der Waals surface area contributed by atoms with E-state index in [1.165, 1.54) is 25.7 Å². The Hall–Kier alpha value is -0.0800. The third-order valence-corrected chi connectivity index (χ3v) is 2.39. The fraction of sp³-hybridized carbons (Fsp3) is 1.00.